The zero-order chi connectivity index (χ0) is 19.8. The average molecular weight is 387 g/mol. The van der Waals surface area contributed by atoms with E-state index < -0.39 is 0 Å². The maximum Gasteiger partial charge on any atom is 0.258 e. The summed E-state index contributed by atoms with van der Waals surface area (Å²) in [6, 6.07) is 13.9. The highest BCUT2D eigenvalue weighted by molar-refractivity contribution is 6.33. The minimum Gasteiger partial charge on any atom is -0.493 e. The van der Waals surface area contributed by atoms with E-state index in [1.165, 1.54) is 12.8 Å². The highest BCUT2D eigenvalue weighted by atomic mass is 16.5. The van der Waals surface area contributed by atoms with Crippen molar-refractivity contribution in [2.45, 2.75) is 12.8 Å². The van der Waals surface area contributed by atoms with Crippen LogP contribution in [0.4, 0.5) is 11.4 Å². The molecule has 29 heavy (non-hydrogen) atoms. The lowest BCUT2D eigenvalue weighted by Gasteiger charge is -2.28. The van der Waals surface area contributed by atoms with Gasteiger partial charge < -0.3 is 20.3 Å². The Morgan fingerprint density at radius 1 is 1.03 bits per heavy atom. The molecule has 5 rings (SSSR count). The van der Waals surface area contributed by atoms with Gasteiger partial charge in [0.2, 0.25) is 0 Å². The second-order valence-electron chi connectivity index (χ2n) is 8.05. The van der Waals surface area contributed by atoms with Crippen LogP contribution in [-0.4, -0.2) is 37.6 Å². The van der Waals surface area contributed by atoms with Gasteiger partial charge in [0.15, 0.2) is 0 Å². The van der Waals surface area contributed by atoms with Crippen molar-refractivity contribution in [3.63, 3.8) is 0 Å². The van der Waals surface area contributed by atoms with Crippen LogP contribution in [-0.2, 0) is 4.79 Å². The Bertz CT molecular complexity index is 1020. The predicted octanol–water partition coefficient (Wildman–Crippen LogP) is 4.21. The number of hydrogen-bond donors (Lipinski definition) is 2. The van der Waals surface area contributed by atoms with Crippen molar-refractivity contribution >= 4 is 28.9 Å². The molecule has 0 aromatic heterocycles. The average Bonchev–Trinajstić information content (AvgIpc) is 3.08. The molecular weight excluding hydrogens is 362 g/mol. The van der Waals surface area contributed by atoms with E-state index >= 15 is 0 Å². The zero-order valence-electron chi connectivity index (χ0n) is 16.6. The third-order valence-corrected chi connectivity index (χ3v) is 5.99. The van der Waals surface area contributed by atoms with Gasteiger partial charge in [-0.15, -0.1) is 0 Å². The number of benzene rings is 2. The zero-order valence-corrected chi connectivity index (χ0v) is 16.6. The van der Waals surface area contributed by atoms with E-state index in [0.717, 1.165) is 53.6 Å². The summed E-state index contributed by atoms with van der Waals surface area (Å²) in [4.78, 5) is 14.9. The molecule has 0 unspecified atom stereocenters. The predicted molar refractivity (Wildman–Crippen MR) is 117 cm³/mol. The summed E-state index contributed by atoms with van der Waals surface area (Å²) in [6.07, 6.45) is 6.41. The lowest BCUT2D eigenvalue weighted by atomic mass is 9.98. The molecule has 1 saturated heterocycles. The molecule has 0 aliphatic carbocycles. The number of likely N-dealkylation sites (tertiary alicyclic amines) is 1. The normalized spacial score (nSPS) is 21.3. The second kappa shape index (κ2) is 7.41. The van der Waals surface area contributed by atoms with E-state index in [1.807, 2.05) is 48.6 Å². The molecule has 2 aromatic rings. The molecule has 1 fully saturated rings. The molecule has 0 saturated carbocycles. The minimum atomic E-state index is -0.0696. The van der Waals surface area contributed by atoms with E-state index in [1.54, 1.807) is 0 Å². The van der Waals surface area contributed by atoms with Gasteiger partial charge in [-0.05, 0) is 69.2 Å². The first-order chi connectivity index (χ1) is 14.2. The summed E-state index contributed by atoms with van der Waals surface area (Å²) in [5, 5.41) is 6.35. The van der Waals surface area contributed by atoms with Gasteiger partial charge in [0.1, 0.15) is 5.75 Å². The number of carbonyl (C=O) groups excluding carboxylic acids is 1. The number of amides is 1. The molecule has 3 aliphatic rings. The van der Waals surface area contributed by atoms with Gasteiger partial charge in [-0.25, -0.2) is 0 Å². The molecule has 0 atom stereocenters. The summed E-state index contributed by atoms with van der Waals surface area (Å²) in [7, 11) is 2.18. The molecule has 2 N–H and O–H groups in total. The number of piperidine rings is 1. The Balaban J connectivity index is 1.33. The fourth-order valence-electron chi connectivity index (χ4n) is 4.22. The lowest BCUT2D eigenvalue weighted by molar-refractivity contribution is -0.110. The number of allylic oxidation sites excluding steroid dienone is 1. The number of anilines is 2. The van der Waals surface area contributed by atoms with E-state index in [0.29, 0.717) is 11.5 Å². The highest BCUT2D eigenvalue weighted by Gasteiger charge is 2.27. The third-order valence-electron chi connectivity index (χ3n) is 5.99. The minimum absolute atomic E-state index is 0.0696. The van der Waals surface area contributed by atoms with Crippen molar-refractivity contribution in [1.82, 2.24) is 4.90 Å². The number of rotatable bonds is 3. The molecule has 5 nitrogen and oxygen atoms in total. The first kappa shape index (κ1) is 18.0. The quantitative estimate of drug-likeness (QED) is 0.775. The van der Waals surface area contributed by atoms with Crippen molar-refractivity contribution in [1.29, 1.82) is 0 Å². The smallest absolute Gasteiger partial charge is 0.258 e. The number of fused-ring (bicyclic) bond motifs is 2. The van der Waals surface area contributed by atoms with Gasteiger partial charge in [-0.2, -0.15) is 0 Å². The largest absolute Gasteiger partial charge is 0.493 e. The van der Waals surface area contributed by atoms with Crippen LogP contribution < -0.4 is 15.4 Å². The number of ether oxygens (including phenoxy) is 1. The number of para-hydroxylation sites is 1. The van der Waals surface area contributed by atoms with Gasteiger partial charge in [-0.3, -0.25) is 4.79 Å². The van der Waals surface area contributed by atoms with E-state index in [9.17, 15) is 4.79 Å². The highest BCUT2D eigenvalue weighted by Crippen LogP contribution is 2.37. The number of carbonyl (C=O) groups is 1. The molecule has 2 aromatic carbocycles. The topological polar surface area (TPSA) is 53.6 Å². The van der Waals surface area contributed by atoms with Gasteiger partial charge >= 0.3 is 0 Å². The molecular formula is C24H25N3O2. The Kier molecular flexibility index (Phi) is 4.60. The van der Waals surface area contributed by atoms with Gasteiger partial charge in [-0.1, -0.05) is 24.3 Å². The van der Waals surface area contributed by atoms with Crippen LogP contribution in [0, 0.1) is 5.92 Å². The number of hydrogen-bond acceptors (Lipinski definition) is 4. The van der Waals surface area contributed by atoms with Crippen molar-refractivity contribution in [3.8, 4) is 5.75 Å². The van der Waals surface area contributed by atoms with Crippen molar-refractivity contribution in [3.05, 3.63) is 65.4 Å². The fourth-order valence-corrected chi connectivity index (χ4v) is 4.22. The van der Waals surface area contributed by atoms with Crippen molar-refractivity contribution < 1.29 is 9.53 Å². The summed E-state index contributed by atoms with van der Waals surface area (Å²) >= 11 is 0. The van der Waals surface area contributed by atoms with Crippen LogP contribution >= 0.6 is 0 Å². The summed E-state index contributed by atoms with van der Waals surface area (Å²) < 4.78 is 6.08. The monoisotopic (exact) mass is 387 g/mol. The Labute approximate surface area is 171 Å². The van der Waals surface area contributed by atoms with Gasteiger partial charge in [0.25, 0.3) is 5.91 Å². The Morgan fingerprint density at radius 2 is 1.86 bits per heavy atom. The van der Waals surface area contributed by atoms with E-state index in [4.69, 9.17) is 4.74 Å². The second-order valence-corrected chi connectivity index (χ2v) is 8.05. The molecule has 0 spiro atoms. The van der Waals surface area contributed by atoms with Gasteiger partial charge in [0, 0.05) is 22.5 Å². The van der Waals surface area contributed by atoms with Crippen LogP contribution in [0.15, 0.2) is 54.2 Å². The van der Waals surface area contributed by atoms with Crippen LogP contribution in [0.25, 0.3) is 11.6 Å². The van der Waals surface area contributed by atoms with E-state index in [-0.39, 0.29) is 5.91 Å². The Morgan fingerprint density at radius 3 is 2.72 bits per heavy atom. The number of nitrogens with one attached hydrogen (secondary N) is 2. The van der Waals surface area contributed by atoms with Crippen molar-refractivity contribution in [2.75, 3.05) is 37.4 Å². The number of nitrogens with zero attached hydrogens (tertiary/aromatic N) is 1. The van der Waals surface area contributed by atoms with Crippen LogP contribution in [0.3, 0.4) is 0 Å². The fraction of sp³-hybridized carbons (Fsp3) is 0.292. The van der Waals surface area contributed by atoms with E-state index in [2.05, 4.69) is 28.6 Å². The molecule has 5 heteroatoms. The maximum absolute atomic E-state index is 12.5. The SMILES string of the molecule is CN1CCC(COc2ccc3c(c2)C=CC(=C2C(=O)Nc4ccccc42)N3)CC1. The summed E-state index contributed by atoms with van der Waals surface area (Å²) in [6.45, 7) is 3.08. The molecule has 1 amide bonds. The molecule has 148 valence electrons. The first-order valence-electron chi connectivity index (χ1n) is 10.2. The molecule has 3 aliphatic heterocycles. The van der Waals surface area contributed by atoms with Crippen LogP contribution in [0.1, 0.15) is 24.0 Å². The van der Waals surface area contributed by atoms with Crippen LogP contribution in [0.5, 0.6) is 5.75 Å². The molecule has 0 radical (unpaired) electrons. The maximum atomic E-state index is 12.5. The lowest BCUT2D eigenvalue weighted by Crippen LogP contribution is -2.32. The van der Waals surface area contributed by atoms with Gasteiger partial charge in [0.05, 0.1) is 17.9 Å². The first-order valence-corrected chi connectivity index (χ1v) is 10.2. The van der Waals surface area contributed by atoms with Crippen molar-refractivity contribution in [2.24, 2.45) is 5.92 Å². The Hall–Kier alpha value is -3.05. The summed E-state index contributed by atoms with van der Waals surface area (Å²) in [5.74, 6) is 1.46. The molecule has 0 bridgehead atoms. The molecule has 3 heterocycles. The summed E-state index contributed by atoms with van der Waals surface area (Å²) in [5.41, 5.74) is 5.36. The standard InChI is InChI=1S/C24H25N3O2/c1-27-12-10-16(11-13-27)15-29-18-7-9-20-17(14-18)6-8-22(25-20)23-19-4-2-3-5-21(19)26-24(23)28/h2-9,14,16,25H,10-13,15H2,1H3,(H,26,28). The van der Waals surface area contributed by atoms with Crippen LogP contribution in [0.2, 0.25) is 0 Å². The third kappa shape index (κ3) is 3.54.